The number of allylic oxidation sites excluding steroid dienone is 1. The van der Waals surface area contributed by atoms with Crippen LogP contribution in [0.15, 0.2) is 76.8 Å². The molecule has 1 amide bonds. The molecule has 1 N–H and O–H groups in total. The van der Waals surface area contributed by atoms with Gasteiger partial charge in [-0.05, 0) is 36.8 Å². The smallest absolute Gasteiger partial charge is 0.234 e. The zero-order valence-electron chi connectivity index (χ0n) is 16.0. The van der Waals surface area contributed by atoms with Crippen molar-refractivity contribution in [1.82, 2.24) is 14.8 Å². The SMILES string of the molecule is C=CCn1c(SCC(=O)Nc2cccc(C)c2)nnc1-c1cc2ccccc2o1. The van der Waals surface area contributed by atoms with E-state index in [0.717, 1.165) is 22.2 Å². The van der Waals surface area contributed by atoms with E-state index < -0.39 is 0 Å². The first-order valence-corrected chi connectivity index (χ1v) is 10.1. The van der Waals surface area contributed by atoms with Gasteiger partial charge in [0.2, 0.25) is 11.7 Å². The summed E-state index contributed by atoms with van der Waals surface area (Å²) >= 11 is 1.33. The minimum atomic E-state index is -0.0981. The van der Waals surface area contributed by atoms with E-state index in [0.29, 0.717) is 23.3 Å². The van der Waals surface area contributed by atoms with Crippen LogP contribution in [0.25, 0.3) is 22.6 Å². The van der Waals surface area contributed by atoms with Gasteiger partial charge < -0.3 is 9.73 Å². The number of hydrogen-bond donors (Lipinski definition) is 1. The minimum absolute atomic E-state index is 0.0981. The van der Waals surface area contributed by atoms with E-state index in [2.05, 4.69) is 22.1 Å². The number of aryl methyl sites for hydroxylation is 1. The maximum atomic E-state index is 12.3. The molecule has 2 heterocycles. The fraction of sp³-hybridized carbons (Fsp3) is 0.136. The second-order valence-electron chi connectivity index (χ2n) is 6.56. The van der Waals surface area contributed by atoms with Crippen LogP contribution in [0.3, 0.4) is 0 Å². The number of benzene rings is 2. The molecule has 0 aliphatic heterocycles. The molecule has 4 aromatic rings. The lowest BCUT2D eigenvalue weighted by atomic mass is 10.2. The van der Waals surface area contributed by atoms with Gasteiger partial charge in [0.15, 0.2) is 10.9 Å². The standard InChI is InChI=1S/C22H20N4O2S/c1-3-11-26-21(19-13-16-8-4-5-10-18(16)28-19)24-25-22(26)29-14-20(27)23-17-9-6-7-15(2)12-17/h3-10,12-13H,1,11,14H2,2H3,(H,23,27). The summed E-state index contributed by atoms with van der Waals surface area (Å²) in [5.41, 5.74) is 2.67. The largest absolute Gasteiger partial charge is 0.453 e. The van der Waals surface area contributed by atoms with E-state index in [1.165, 1.54) is 11.8 Å². The third-order valence-electron chi connectivity index (χ3n) is 4.31. The van der Waals surface area contributed by atoms with Gasteiger partial charge >= 0.3 is 0 Å². The Labute approximate surface area is 172 Å². The van der Waals surface area contributed by atoms with Crippen molar-refractivity contribution in [3.63, 3.8) is 0 Å². The number of carbonyl (C=O) groups is 1. The number of para-hydroxylation sites is 1. The lowest BCUT2D eigenvalue weighted by molar-refractivity contribution is -0.113. The Balaban J connectivity index is 1.52. The summed E-state index contributed by atoms with van der Waals surface area (Å²) in [6.07, 6.45) is 1.77. The number of furan rings is 1. The summed E-state index contributed by atoms with van der Waals surface area (Å²) in [5, 5.41) is 13.1. The van der Waals surface area contributed by atoms with Crippen LogP contribution in [0, 0.1) is 6.92 Å². The number of hydrogen-bond acceptors (Lipinski definition) is 5. The topological polar surface area (TPSA) is 73.0 Å². The van der Waals surface area contributed by atoms with Crippen LogP contribution in [-0.2, 0) is 11.3 Å². The fourth-order valence-electron chi connectivity index (χ4n) is 3.01. The second-order valence-corrected chi connectivity index (χ2v) is 7.50. The molecule has 0 spiro atoms. The zero-order chi connectivity index (χ0) is 20.2. The molecule has 29 heavy (non-hydrogen) atoms. The molecule has 0 aliphatic rings. The van der Waals surface area contributed by atoms with E-state index in [1.807, 2.05) is 66.1 Å². The molecule has 146 valence electrons. The van der Waals surface area contributed by atoms with E-state index in [4.69, 9.17) is 4.42 Å². The molecule has 0 radical (unpaired) electrons. The third-order valence-corrected chi connectivity index (χ3v) is 5.28. The van der Waals surface area contributed by atoms with E-state index in [9.17, 15) is 4.79 Å². The number of nitrogens with one attached hydrogen (secondary N) is 1. The lowest BCUT2D eigenvalue weighted by Crippen LogP contribution is -2.14. The van der Waals surface area contributed by atoms with Crippen LogP contribution in [0.2, 0.25) is 0 Å². The van der Waals surface area contributed by atoms with E-state index in [-0.39, 0.29) is 11.7 Å². The van der Waals surface area contributed by atoms with Crippen molar-refractivity contribution in [1.29, 1.82) is 0 Å². The highest BCUT2D eigenvalue weighted by molar-refractivity contribution is 7.99. The molecule has 6 nitrogen and oxygen atoms in total. The molecule has 4 rings (SSSR count). The van der Waals surface area contributed by atoms with Gasteiger partial charge in [-0.25, -0.2) is 0 Å². The van der Waals surface area contributed by atoms with Gasteiger partial charge in [-0.15, -0.1) is 16.8 Å². The van der Waals surface area contributed by atoms with Gasteiger partial charge in [-0.2, -0.15) is 0 Å². The maximum absolute atomic E-state index is 12.3. The number of carbonyl (C=O) groups excluding carboxylic acids is 1. The predicted molar refractivity (Wildman–Crippen MR) is 116 cm³/mol. The van der Waals surface area contributed by atoms with Crippen LogP contribution in [0.4, 0.5) is 5.69 Å². The maximum Gasteiger partial charge on any atom is 0.234 e. The quantitative estimate of drug-likeness (QED) is 0.350. The second kappa shape index (κ2) is 8.36. The molecular weight excluding hydrogens is 384 g/mol. The summed E-state index contributed by atoms with van der Waals surface area (Å²) in [4.78, 5) is 12.3. The first-order chi connectivity index (χ1) is 14.1. The van der Waals surface area contributed by atoms with Crippen LogP contribution >= 0.6 is 11.8 Å². The average Bonchev–Trinajstić information content (AvgIpc) is 3.30. The highest BCUT2D eigenvalue weighted by atomic mass is 32.2. The summed E-state index contributed by atoms with van der Waals surface area (Å²) in [7, 11) is 0. The number of nitrogens with zero attached hydrogens (tertiary/aromatic N) is 3. The third kappa shape index (κ3) is 4.25. The van der Waals surface area contributed by atoms with Crippen LogP contribution in [0.1, 0.15) is 5.56 Å². The van der Waals surface area contributed by atoms with Crippen LogP contribution < -0.4 is 5.32 Å². The summed E-state index contributed by atoms with van der Waals surface area (Å²) < 4.78 is 7.82. The Kier molecular flexibility index (Phi) is 5.48. The number of aromatic nitrogens is 3. The highest BCUT2D eigenvalue weighted by Crippen LogP contribution is 2.29. The zero-order valence-corrected chi connectivity index (χ0v) is 16.8. The normalized spacial score (nSPS) is 10.9. The fourth-order valence-corrected chi connectivity index (χ4v) is 3.76. The van der Waals surface area contributed by atoms with Gasteiger partial charge in [0.1, 0.15) is 5.58 Å². The van der Waals surface area contributed by atoms with Gasteiger partial charge in [0.25, 0.3) is 0 Å². The van der Waals surface area contributed by atoms with Crippen molar-refractivity contribution in [2.75, 3.05) is 11.1 Å². The van der Waals surface area contributed by atoms with Gasteiger partial charge in [-0.3, -0.25) is 9.36 Å². The van der Waals surface area contributed by atoms with Crippen molar-refractivity contribution in [2.24, 2.45) is 0 Å². The first-order valence-electron chi connectivity index (χ1n) is 9.16. The van der Waals surface area contributed by atoms with Crippen molar-refractivity contribution in [2.45, 2.75) is 18.6 Å². The molecule has 0 saturated carbocycles. The molecule has 0 atom stereocenters. The highest BCUT2D eigenvalue weighted by Gasteiger charge is 2.18. The van der Waals surface area contributed by atoms with Gasteiger partial charge in [0, 0.05) is 17.6 Å². The predicted octanol–water partition coefficient (Wildman–Crippen LogP) is 4.92. The molecule has 0 unspecified atom stereocenters. The molecule has 0 bridgehead atoms. The van der Waals surface area contributed by atoms with Gasteiger partial charge in [0.05, 0.1) is 5.75 Å². The van der Waals surface area contributed by atoms with Gasteiger partial charge in [-0.1, -0.05) is 48.2 Å². The average molecular weight is 404 g/mol. The molecule has 0 aliphatic carbocycles. The summed E-state index contributed by atoms with van der Waals surface area (Å²) in [6, 6.07) is 17.4. The minimum Gasteiger partial charge on any atom is -0.453 e. The first kappa shape index (κ1) is 19.0. The lowest BCUT2D eigenvalue weighted by Gasteiger charge is -2.07. The van der Waals surface area contributed by atoms with E-state index in [1.54, 1.807) is 6.08 Å². The van der Waals surface area contributed by atoms with Crippen LogP contribution in [0.5, 0.6) is 0 Å². The van der Waals surface area contributed by atoms with Crippen molar-refractivity contribution in [3.05, 3.63) is 72.8 Å². The number of fused-ring (bicyclic) bond motifs is 1. The molecule has 0 saturated heterocycles. The number of anilines is 1. The number of amides is 1. The van der Waals surface area contributed by atoms with Crippen molar-refractivity contribution in [3.8, 4) is 11.6 Å². The molecule has 0 fully saturated rings. The molecular formula is C22H20N4O2S. The Morgan fingerprint density at radius 2 is 2.07 bits per heavy atom. The molecule has 2 aromatic carbocycles. The number of thioether (sulfide) groups is 1. The Bertz CT molecular complexity index is 1150. The number of rotatable bonds is 7. The monoisotopic (exact) mass is 404 g/mol. The molecule has 7 heteroatoms. The summed E-state index contributed by atoms with van der Waals surface area (Å²) in [6.45, 7) is 6.32. The summed E-state index contributed by atoms with van der Waals surface area (Å²) in [5.74, 6) is 1.38. The van der Waals surface area contributed by atoms with E-state index >= 15 is 0 Å². The van der Waals surface area contributed by atoms with Crippen molar-refractivity contribution >= 4 is 34.3 Å². The van der Waals surface area contributed by atoms with Crippen LogP contribution in [-0.4, -0.2) is 26.4 Å². The Hall–Kier alpha value is -3.32. The van der Waals surface area contributed by atoms with Crippen molar-refractivity contribution < 1.29 is 9.21 Å². The Morgan fingerprint density at radius 3 is 2.86 bits per heavy atom. The molecule has 2 aromatic heterocycles. The Morgan fingerprint density at radius 1 is 1.21 bits per heavy atom.